The van der Waals surface area contributed by atoms with Gasteiger partial charge in [0.2, 0.25) is 10.0 Å². The standard InChI is InChI=1S/C22H26N2O6S/c1-28-18-5-3-17(4-6-18)21(25)23-13-11-22(12-14-23)24(15-16-30-22)31(26,27)20-9-7-19(29-2)8-10-20/h3-10H,11-16H2,1-2H3. The summed E-state index contributed by atoms with van der Waals surface area (Å²) in [6, 6.07) is 13.3. The Labute approximate surface area is 182 Å². The molecule has 2 aromatic carbocycles. The SMILES string of the molecule is COc1ccc(C(=O)N2CCC3(CC2)OCCN3S(=O)(=O)c2ccc(OC)cc2)cc1. The van der Waals surface area contributed by atoms with Crippen molar-refractivity contribution in [3.63, 3.8) is 0 Å². The maximum Gasteiger partial charge on any atom is 0.253 e. The number of piperidine rings is 1. The highest BCUT2D eigenvalue weighted by Crippen LogP contribution is 2.38. The van der Waals surface area contributed by atoms with Gasteiger partial charge in [0.05, 0.1) is 25.7 Å². The number of carbonyl (C=O) groups excluding carboxylic acids is 1. The zero-order valence-corrected chi connectivity index (χ0v) is 18.4. The second kappa shape index (κ2) is 8.49. The van der Waals surface area contributed by atoms with E-state index in [-0.39, 0.29) is 10.8 Å². The van der Waals surface area contributed by atoms with Crippen LogP contribution in [0.2, 0.25) is 0 Å². The van der Waals surface area contributed by atoms with E-state index in [2.05, 4.69) is 0 Å². The van der Waals surface area contributed by atoms with Gasteiger partial charge in [-0.25, -0.2) is 8.42 Å². The van der Waals surface area contributed by atoms with Gasteiger partial charge in [-0.15, -0.1) is 0 Å². The van der Waals surface area contributed by atoms with E-state index in [0.717, 1.165) is 0 Å². The van der Waals surface area contributed by atoms with Crippen LogP contribution < -0.4 is 9.47 Å². The molecular formula is C22H26N2O6S. The zero-order valence-electron chi connectivity index (χ0n) is 17.6. The third-order valence-electron chi connectivity index (χ3n) is 5.94. The Morgan fingerprint density at radius 1 is 0.903 bits per heavy atom. The Bertz CT molecular complexity index is 1030. The van der Waals surface area contributed by atoms with E-state index in [1.165, 1.54) is 11.4 Å². The maximum absolute atomic E-state index is 13.3. The molecule has 0 atom stereocenters. The molecule has 166 valence electrons. The molecule has 2 heterocycles. The van der Waals surface area contributed by atoms with Gasteiger partial charge in [0.15, 0.2) is 0 Å². The van der Waals surface area contributed by atoms with Crippen molar-refractivity contribution in [1.29, 1.82) is 0 Å². The summed E-state index contributed by atoms with van der Waals surface area (Å²) < 4.78 is 44.3. The third kappa shape index (κ3) is 4.00. The second-order valence-corrected chi connectivity index (χ2v) is 9.43. The quantitative estimate of drug-likeness (QED) is 0.701. The predicted octanol–water partition coefficient (Wildman–Crippen LogP) is 2.36. The number of sulfonamides is 1. The molecule has 0 radical (unpaired) electrons. The molecule has 8 nitrogen and oxygen atoms in total. The van der Waals surface area contributed by atoms with E-state index in [1.54, 1.807) is 60.5 Å². The number of amides is 1. The van der Waals surface area contributed by atoms with E-state index in [1.807, 2.05) is 0 Å². The number of hydrogen-bond acceptors (Lipinski definition) is 6. The minimum absolute atomic E-state index is 0.0833. The highest BCUT2D eigenvalue weighted by molar-refractivity contribution is 7.89. The van der Waals surface area contributed by atoms with Crippen molar-refractivity contribution in [2.75, 3.05) is 40.5 Å². The van der Waals surface area contributed by atoms with Gasteiger partial charge in [-0.3, -0.25) is 4.79 Å². The lowest BCUT2D eigenvalue weighted by Gasteiger charge is -2.42. The summed E-state index contributed by atoms with van der Waals surface area (Å²) in [5, 5.41) is 0. The first kappa shape index (κ1) is 21.6. The molecular weight excluding hydrogens is 420 g/mol. The number of carbonyl (C=O) groups is 1. The first-order valence-electron chi connectivity index (χ1n) is 10.1. The molecule has 1 spiro atoms. The molecule has 1 amide bonds. The minimum atomic E-state index is -3.73. The second-order valence-electron chi connectivity index (χ2n) is 7.57. The Balaban J connectivity index is 1.49. The lowest BCUT2D eigenvalue weighted by Crippen LogP contribution is -2.55. The minimum Gasteiger partial charge on any atom is -0.497 e. The van der Waals surface area contributed by atoms with Crippen LogP contribution in [-0.4, -0.2) is 69.7 Å². The highest BCUT2D eigenvalue weighted by Gasteiger charge is 2.51. The normalized spacial score (nSPS) is 18.8. The molecule has 4 rings (SSSR count). The van der Waals surface area contributed by atoms with Gasteiger partial charge in [-0.2, -0.15) is 4.31 Å². The maximum atomic E-state index is 13.3. The predicted molar refractivity (Wildman–Crippen MR) is 114 cm³/mol. The number of likely N-dealkylation sites (tertiary alicyclic amines) is 1. The van der Waals surface area contributed by atoms with Crippen LogP contribution in [0.1, 0.15) is 23.2 Å². The van der Waals surface area contributed by atoms with E-state index in [9.17, 15) is 13.2 Å². The Morgan fingerprint density at radius 3 is 2.00 bits per heavy atom. The molecule has 0 N–H and O–H groups in total. The topological polar surface area (TPSA) is 85.4 Å². The molecule has 0 bridgehead atoms. The van der Waals surface area contributed by atoms with E-state index in [0.29, 0.717) is 56.1 Å². The average molecular weight is 447 g/mol. The van der Waals surface area contributed by atoms with Gasteiger partial charge in [-0.05, 0) is 48.5 Å². The molecule has 0 unspecified atom stereocenters. The van der Waals surface area contributed by atoms with Crippen molar-refractivity contribution in [3.05, 3.63) is 54.1 Å². The molecule has 9 heteroatoms. The van der Waals surface area contributed by atoms with E-state index in [4.69, 9.17) is 14.2 Å². The highest BCUT2D eigenvalue weighted by atomic mass is 32.2. The Kier molecular flexibility index (Phi) is 5.92. The number of rotatable bonds is 5. The molecule has 31 heavy (non-hydrogen) atoms. The Hall–Kier alpha value is -2.62. The summed E-state index contributed by atoms with van der Waals surface area (Å²) in [7, 11) is -0.621. The molecule has 0 aromatic heterocycles. The van der Waals surface area contributed by atoms with Crippen LogP contribution >= 0.6 is 0 Å². The van der Waals surface area contributed by atoms with E-state index < -0.39 is 15.7 Å². The molecule has 0 saturated carbocycles. The van der Waals surface area contributed by atoms with Crippen molar-refractivity contribution in [2.24, 2.45) is 0 Å². The van der Waals surface area contributed by atoms with Crippen molar-refractivity contribution in [3.8, 4) is 11.5 Å². The van der Waals surface area contributed by atoms with Crippen molar-refractivity contribution < 1.29 is 27.4 Å². The Morgan fingerprint density at radius 2 is 1.45 bits per heavy atom. The van der Waals surface area contributed by atoms with Gasteiger partial charge in [-0.1, -0.05) is 0 Å². The van der Waals surface area contributed by atoms with Crippen LogP contribution in [0, 0.1) is 0 Å². The van der Waals surface area contributed by atoms with Crippen molar-refractivity contribution in [2.45, 2.75) is 23.5 Å². The van der Waals surface area contributed by atoms with Gasteiger partial charge < -0.3 is 19.1 Å². The number of benzene rings is 2. The van der Waals surface area contributed by atoms with Crippen LogP contribution in [0.25, 0.3) is 0 Å². The average Bonchev–Trinajstić information content (AvgIpc) is 3.23. The first-order valence-corrected chi connectivity index (χ1v) is 11.6. The fourth-order valence-electron chi connectivity index (χ4n) is 4.18. The summed E-state index contributed by atoms with van der Waals surface area (Å²) in [6.07, 6.45) is 0.842. The smallest absolute Gasteiger partial charge is 0.253 e. The van der Waals surface area contributed by atoms with Crippen LogP contribution in [0.15, 0.2) is 53.4 Å². The number of hydrogen-bond donors (Lipinski definition) is 0. The lowest BCUT2D eigenvalue weighted by atomic mass is 10.00. The van der Waals surface area contributed by atoms with Crippen molar-refractivity contribution >= 4 is 15.9 Å². The fraction of sp³-hybridized carbons (Fsp3) is 0.409. The summed E-state index contributed by atoms with van der Waals surface area (Å²) in [6.45, 7) is 1.46. The largest absolute Gasteiger partial charge is 0.497 e. The molecule has 2 aliphatic rings. The summed E-state index contributed by atoms with van der Waals surface area (Å²) in [4.78, 5) is 14.8. The molecule has 2 aromatic rings. The van der Waals surface area contributed by atoms with Gasteiger partial charge >= 0.3 is 0 Å². The van der Waals surface area contributed by atoms with Crippen LogP contribution in [0.5, 0.6) is 11.5 Å². The number of ether oxygens (including phenoxy) is 3. The van der Waals surface area contributed by atoms with E-state index >= 15 is 0 Å². The number of methoxy groups -OCH3 is 2. The molecule has 2 saturated heterocycles. The number of nitrogens with zero attached hydrogens (tertiary/aromatic N) is 2. The van der Waals surface area contributed by atoms with Gasteiger partial charge in [0.25, 0.3) is 5.91 Å². The summed E-state index contributed by atoms with van der Waals surface area (Å²) in [5.74, 6) is 1.20. The summed E-state index contributed by atoms with van der Waals surface area (Å²) in [5.41, 5.74) is -0.345. The van der Waals surface area contributed by atoms with Gasteiger partial charge in [0, 0.05) is 38.0 Å². The fourth-order valence-corrected chi connectivity index (χ4v) is 5.90. The van der Waals surface area contributed by atoms with Crippen LogP contribution in [0.3, 0.4) is 0 Å². The van der Waals surface area contributed by atoms with Gasteiger partial charge in [0.1, 0.15) is 17.2 Å². The molecule has 2 aliphatic heterocycles. The van der Waals surface area contributed by atoms with Crippen LogP contribution in [0.4, 0.5) is 0 Å². The lowest BCUT2D eigenvalue weighted by molar-refractivity contribution is -0.0857. The summed E-state index contributed by atoms with van der Waals surface area (Å²) >= 11 is 0. The third-order valence-corrected chi connectivity index (χ3v) is 7.90. The van der Waals surface area contributed by atoms with Crippen molar-refractivity contribution in [1.82, 2.24) is 9.21 Å². The van der Waals surface area contributed by atoms with Crippen LogP contribution in [-0.2, 0) is 14.8 Å². The first-order chi connectivity index (χ1) is 14.9. The molecule has 0 aliphatic carbocycles. The monoisotopic (exact) mass is 446 g/mol. The molecule has 2 fully saturated rings. The zero-order chi connectivity index (χ0) is 22.1.